The fraction of sp³-hybridized carbons (Fsp3) is 0.818. The summed E-state index contributed by atoms with van der Waals surface area (Å²) in [7, 11) is 0. The molecule has 1 atom stereocenters. The maximum Gasteiger partial charge on any atom is 0.111 e. The zero-order valence-electron chi connectivity index (χ0n) is 9.38. The van der Waals surface area contributed by atoms with Crippen LogP contribution in [0.25, 0.3) is 0 Å². The van der Waals surface area contributed by atoms with Gasteiger partial charge in [-0.15, -0.1) is 0 Å². The Balaban J connectivity index is 2.03. The van der Waals surface area contributed by atoms with Gasteiger partial charge in [0, 0.05) is 5.54 Å². The number of nitrogens with zero attached hydrogens (tertiary/aromatic N) is 1. The van der Waals surface area contributed by atoms with Crippen LogP contribution in [-0.4, -0.2) is 16.6 Å². The lowest BCUT2D eigenvalue weighted by Crippen LogP contribution is -2.52. The lowest BCUT2D eigenvalue weighted by atomic mass is 9.80. The first-order chi connectivity index (χ1) is 6.48. The molecule has 0 spiro atoms. The van der Waals surface area contributed by atoms with E-state index in [0.29, 0.717) is 6.04 Å². The smallest absolute Gasteiger partial charge is 0.111 e. The molecule has 0 aromatic heterocycles. The van der Waals surface area contributed by atoms with Crippen LogP contribution in [0.1, 0.15) is 40.0 Å². The predicted molar refractivity (Wildman–Crippen MR) is 58.1 cm³/mol. The largest absolute Gasteiger partial charge is 0.385 e. The zero-order chi connectivity index (χ0) is 10.3. The van der Waals surface area contributed by atoms with Crippen LogP contribution in [0, 0.1) is 5.92 Å². The zero-order valence-corrected chi connectivity index (χ0v) is 9.38. The van der Waals surface area contributed by atoms with Gasteiger partial charge in [-0.05, 0) is 45.6 Å². The number of hydrogen-bond acceptors (Lipinski definition) is 3. The molecule has 3 heteroatoms. The molecule has 0 radical (unpaired) electrons. The summed E-state index contributed by atoms with van der Waals surface area (Å²) in [4.78, 5) is 0. The molecular weight excluding hydrogens is 174 g/mol. The maximum absolute atomic E-state index is 6.00. The fourth-order valence-electron chi connectivity index (χ4n) is 2.14. The number of hydrogen-bond donors (Lipinski definition) is 2. The van der Waals surface area contributed by atoms with Gasteiger partial charge >= 0.3 is 0 Å². The SMILES string of the molecule is CC(C)(C)N1NC(C2CCC2)C=C1N. The molecule has 1 aliphatic carbocycles. The van der Waals surface area contributed by atoms with Crippen LogP contribution in [0.4, 0.5) is 0 Å². The van der Waals surface area contributed by atoms with Crippen LogP contribution < -0.4 is 11.2 Å². The van der Waals surface area contributed by atoms with E-state index in [1.165, 1.54) is 19.3 Å². The average Bonchev–Trinajstić information content (AvgIpc) is 2.25. The van der Waals surface area contributed by atoms with Crippen LogP contribution in [0.3, 0.4) is 0 Å². The molecule has 1 heterocycles. The van der Waals surface area contributed by atoms with Gasteiger partial charge < -0.3 is 5.73 Å². The third-order valence-electron chi connectivity index (χ3n) is 3.22. The van der Waals surface area contributed by atoms with Crippen molar-refractivity contribution in [3.05, 3.63) is 11.9 Å². The molecule has 0 amide bonds. The van der Waals surface area contributed by atoms with Gasteiger partial charge in [0.2, 0.25) is 0 Å². The molecule has 0 bridgehead atoms. The lowest BCUT2D eigenvalue weighted by Gasteiger charge is -2.37. The van der Waals surface area contributed by atoms with Gasteiger partial charge in [0.1, 0.15) is 5.82 Å². The van der Waals surface area contributed by atoms with Gasteiger partial charge in [0.15, 0.2) is 0 Å². The monoisotopic (exact) mass is 195 g/mol. The molecule has 0 aromatic rings. The van der Waals surface area contributed by atoms with Crippen molar-refractivity contribution >= 4 is 0 Å². The molecule has 2 rings (SSSR count). The van der Waals surface area contributed by atoms with Crippen molar-refractivity contribution in [1.29, 1.82) is 0 Å². The number of rotatable bonds is 1. The minimum atomic E-state index is 0.0685. The van der Waals surface area contributed by atoms with Crippen molar-refractivity contribution in [2.24, 2.45) is 11.7 Å². The van der Waals surface area contributed by atoms with E-state index in [1.807, 2.05) is 0 Å². The highest BCUT2D eigenvalue weighted by atomic mass is 15.6. The van der Waals surface area contributed by atoms with Crippen LogP contribution in [0.15, 0.2) is 11.9 Å². The van der Waals surface area contributed by atoms with E-state index < -0.39 is 0 Å². The van der Waals surface area contributed by atoms with E-state index in [4.69, 9.17) is 5.73 Å². The number of nitrogens with two attached hydrogens (primary N) is 1. The Kier molecular flexibility index (Phi) is 2.22. The van der Waals surface area contributed by atoms with Gasteiger partial charge in [0.25, 0.3) is 0 Å². The second kappa shape index (κ2) is 3.16. The van der Waals surface area contributed by atoms with Gasteiger partial charge in [-0.25, -0.2) is 5.43 Å². The summed E-state index contributed by atoms with van der Waals surface area (Å²) in [5.41, 5.74) is 9.56. The Labute approximate surface area is 86.3 Å². The van der Waals surface area contributed by atoms with Crippen molar-refractivity contribution < 1.29 is 0 Å². The molecule has 14 heavy (non-hydrogen) atoms. The number of hydrazine groups is 1. The third-order valence-corrected chi connectivity index (χ3v) is 3.22. The first-order valence-electron chi connectivity index (χ1n) is 5.52. The Morgan fingerprint density at radius 3 is 2.43 bits per heavy atom. The van der Waals surface area contributed by atoms with Gasteiger partial charge in [0.05, 0.1) is 6.04 Å². The van der Waals surface area contributed by atoms with Crippen molar-refractivity contribution in [1.82, 2.24) is 10.4 Å². The number of nitrogens with one attached hydrogen (secondary N) is 1. The van der Waals surface area contributed by atoms with Crippen LogP contribution in [0.2, 0.25) is 0 Å². The van der Waals surface area contributed by atoms with Gasteiger partial charge in [-0.1, -0.05) is 6.42 Å². The summed E-state index contributed by atoms with van der Waals surface area (Å²) in [6.45, 7) is 6.51. The van der Waals surface area contributed by atoms with E-state index in [0.717, 1.165) is 11.7 Å². The highest BCUT2D eigenvalue weighted by Gasteiger charge is 2.35. The molecule has 1 saturated carbocycles. The summed E-state index contributed by atoms with van der Waals surface area (Å²) < 4.78 is 0. The van der Waals surface area contributed by atoms with Gasteiger partial charge in [-0.2, -0.15) is 0 Å². The lowest BCUT2D eigenvalue weighted by molar-refractivity contribution is 0.0982. The average molecular weight is 195 g/mol. The second-order valence-electron chi connectivity index (χ2n) is 5.44. The Bertz CT molecular complexity index is 248. The van der Waals surface area contributed by atoms with Crippen molar-refractivity contribution in [3.8, 4) is 0 Å². The van der Waals surface area contributed by atoms with E-state index in [1.54, 1.807) is 0 Å². The van der Waals surface area contributed by atoms with Crippen molar-refractivity contribution in [2.75, 3.05) is 0 Å². The van der Waals surface area contributed by atoms with Gasteiger partial charge in [-0.3, -0.25) is 5.01 Å². The van der Waals surface area contributed by atoms with E-state index >= 15 is 0 Å². The molecule has 0 saturated heterocycles. The Morgan fingerprint density at radius 1 is 1.43 bits per heavy atom. The normalized spacial score (nSPS) is 28.9. The summed E-state index contributed by atoms with van der Waals surface area (Å²) in [6.07, 6.45) is 6.25. The highest BCUT2D eigenvalue weighted by Crippen LogP contribution is 2.33. The Morgan fingerprint density at radius 2 is 2.07 bits per heavy atom. The molecule has 3 N–H and O–H groups in total. The first kappa shape index (κ1) is 9.84. The van der Waals surface area contributed by atoms with E-state index in [9.17, 15) is 0 Å². The molecule has 2 aliphatic rings. The molecule has 1 fully saturated rings. The third kappa shape index (κ3) is 1.61. The van der Waals surface area contributed by atoms with Crippen LogP contribution in [0.5, 0.6) is 0 Å². The van der Waals surface area contributed by atoms with Crippen molar-refractivity contribution in [3.63, 3.8) is 0 Å². The molecule has 0 aromatic carbocycles. The predicted octanol–water partition coefficient (Wildman–Crippen LogP) is 1.57. The van der Waals surface area contributed by atoms with E-state index in [2.05, 4.69) is 37.3 Å². The highest BCUT2D eigenvalue weighted by molar-refractivity contribution is 5.13. The maximum atomic E-state index is 6.00. The van der Waals surface area contributed by atoms with Crippen molar-refractivity contribution in [2.45, 2.75) is 51.6 Å². The Hall–Kier alpha value is -0.700. The molecular formula is C11H21N3. The molecule has 1 aliphatic heterocycles. The molecule has 80 valence electrons. The molecule has 3 nitrogen and oxygen atoms in total. The van der Waals surface area contributed by atoms with E-state index in [-0.39, 0.29) is 5.54 Å². The summed E-state index contributed by atoms with van der Waals surface area (Å²) >= 11 is 0. The summed E-state index contributed by atoms with van der Waals surface area (Å²) in [5.74, 6) is 1.69. The second-order valence-corrected chi connectivity index (χ2v) is 5.44. The summed E-state index contributed by atoms with van der Waals surface area (Å²) in [5, 5.41) is 2.09. The van der Waals surface area contributed by atoms with Crippen LogP contribution >= 0.6 is 0 Å². The first-order valence-corrected chi connectivity index (χ1v) is 5.52. The standard InChI is InChI=1S/C11H21N3/c1-11(2,3)14-10(12)7-9(13-14)8-5-4-6-8/h7-9,13H,4-6,12H2,1-3H3. The quantitative estimate of drug-likeness (QED) is 0.667. The topological polar surface area (TPSA) is 41.3 Å². The summed E-state index contributed by atoms with van der Waals surface area (Å²) in [6, 6.07) is 0.475. The fourth-order valence-corrected chi connectivity index (χ4v) is 2.14. The minimum absolute atomic E-state index is 0.0685. The minimum Gasteiger partial charge on any atom is -0.385 e. The van der Waals surface area contributed by atoms with Crippen LogP contribution in [-0.2, 0) is 0 Å². The molecule has 1 unspecified atom stereocenters.